The summed E-state index contributed by atoms with van der Waals surface area (Å²) in [4.78, 5) is 29.7. The zero-order valence-electron chi connectivity index (χ0n) is 16.8. The highest BCUT2D eigenvalue weighted by molar-refractivity contribution is 5.98. The van der Waals surface area contributed by atoms with E-state index in [1.54, 1.807) is 36.7 Å². The van der Waals surface area contributed by atoms with Crippen LogP contribution in [-0.4, -0.2) is 31.3 Å². The molecule has 1 fully saturated rings. The molecule has 8 nitrogen and oxygen atoms in total. The summed E-state index contributed by atoms with van der Waals surface area (Å²) in [5.74, 6) is -1.29. The molecule has 160 valence electrons. The van der Waals surface area contributed by atoms with E-state index >= 15 is 0 Å². The summed E-state index contributed by atoms with van der Waals surface area (Å²) in [5, 5.41) is 13.7. The van der Waals surface area contributed by atoms with Crippen LogP contribution in [-0.2, 0) is 0 Å². The van der Waals surface area contributed by atoms with Crippen LogP contribution in [0.2, 0.25) is 0 Å². The molecule has 1 saturated carbocycles. The first-order valence-electron chi connectivity index (χ1n) is 10.0. The number of carbonyl (C=O) groups is 1. The van der Waals surface area contributed by atoms with Gasteiger partial charge in [-0.15, -0.1) is 0 Å². The predicted molar refractivity (Wildman–Crippen MR) is 117 cm³/mol. The van der Waals surface area contributed by atoms with Crippen molar-refractivity contribution < 1.29 is 14.3 Å². The number of aromatic nitrogens is 3. The van der Waals surface area contributed by atoms with Crippen molar-refractivity contribution in [3.8, 4) is 11.4 Å². The van der Waals surface area contributed by atoms with Crippen LogP contribution in [0.25, 0.3) is 16.6 Å². The fraction of sp³-hybridized carbons (Fsp3) is 0.130. The number of nitrogens with zero attached hydrogens (tertiary/aromatic N) is 4. The summed E-state index contributed by atoms with van der Waals surface area (Å²) >= 11 is 0. The number of hydrogen-bond donors (Lipinski definition) is 2. The Morgan fingerprint density at radius 1 is 1.28 bits per heavy atom. The number of imidazole rings is 1. The minimum atomic E-state index is -0.711. The molecule has 2 aromatic heterocycles. The molecule has 0 saturated heterocycles. The molecule has 4 aromatic rings. The Balaban J connectivity index is 1.55. The van der Waals surface area contributed by atoms with E-state index in [9.17, 15) is 19.1 Å². The smallest absolute Gasteiger partial charge is 0.276 e. The molecule has 0 radical (unpaired) electrons. The first-order chi connectivity index (χ1) is 15.5. The van der Waals surface area contributed by atoms with Crippen LogP contribution in [0.1, 0.15) is 34.8 Å². The van der Waals surface area contributed by atoms with Gasteiger partial charge < -0.3 is 14.2 Å². The maximum absolute atomic E-state index is 14.8. The lowest BCUT2D eigenvalue weighted by Crippen LogP contribution is -2.27. The van der Waals surface area contributed by atoms with Crippen molar-refractivity contribution in [3.63, 3.8) is 0 Å². The van der Waals surface area contributed by atoms with E-state index in [-0.39, 0.29) is 28.4 Å². The van der Waals surface area contributed by atoms with Crippen molar-refractivity contribution in [1.29, 1.82) is 0 Å². The number of hydrogen-bond acceptors (Lipinski definition) is 5. The molecule has 0 spiro atoms. The van der Waals surface area contributed by atoms with Gasteiger partial charge in [-0.25, -0.2) is 14.8 Å². The van der Waals surface area contributed by atoms with Gasteiger partial charge in [0.05, 0.1) is 23.7 Å². The van der Waals surface area contributed by atoms with Crippen LogP contribution in [0, 0.1) is 5.82 Å². The van der Waals surface area contributed by atoms with E-state index in [4.69, 9.17) is 0 Å². The number of para-hydroxylation sites is 1. The van der Waals surface area contributed by atoms with E-state index < -0.39 is 17.2 Å². The maximum atomic E-state index is 14.8. The average molecular weight is 431 g/mol. The zero-order chi connectivity index (χ0) is 22.2. The van der Waals surface area contributed by atoms with Gasteiger partial charge in [-0.05, 0) is 37.1 Å². The first kappa shape index (κ1) is 19.7. The lowest BCUT2D eigenvalue weighted by Gasteiger charge is -2.14. The first-order valence-corrected chi connectivity index (χ1v) is 10.0. The van der Waals surface area contributed by atoms with Gasteiger partial charge in [0.1, 0.15) is 17.1 Å². The van der Waals surface area contributed by atoms with E-state index in [0.717, 1.165) is 18.9 Å². The fourth-order valence-electron chi connectivity index (χ4n) is 3.59. The number of halogens is 1. The molecule has 2 N–H and O–H groups in total. The molecule has 0 aliphatic heterocycles. The second-order valence-corrected chi connectivity index (χ2v) is 7.56. The van der Waals surface area contributed by atoms with Crippen LogP contribution in [0.15, 0.2) is 71.2 Å². The highest BCUT2D eigenvalue weighted by atomic mass is 19.1. The van der Waals surface area contributed by atoms with Crippen LogP contribution in [0.5, 0.6) is 5.75 Å². The quantitative estimate of drug-likeness (QED) is 0.374. The molecule has 9 heteroatoms. The number of pyridine rings is 1. The lowest BCUT2D eigenvalue weighted by atomic mass is 10.1. The van der Waals surface area contributed by atoms with Crippen molar-refractivity contribution in [2.45, 2.75) is 18.9 Å². The van der Waals surface area contributed by atoms with E-state index in [2.05, 4.69) is 15.5 Å². The molecule has 2 heterocycles. The minimum Gasteiger partial charge on any atom is -0.507 e. The SMILES string of the molecule is O=C(N/N=C\c1ccccc1O)c1cn(C2CC2)c2cc(-n3ccnc3)c(F)cc2c1=O. The number of phenolic OH excluding ortho intramolecular Hbond substituents is 1. The summed E-state index contributed by atoms with van der Waals surface area (Å²) in [5.41, 5.74) is 2.84. The molecule has 0 unspecified atom stereocenters. The van der Waals surface area contributed by atoms with Crippen molar-refractivity contribution in [2.24, 2.45) is 5.10 Å². The number of hydrazone groups is 1. The van der Waals surface area contributed by atoms with E-state index in [1.807, 2.05) is 4.57 Å². The molecular weight excluding hydrogens is 413 g/mol. The number of benzene rings is 2. The van der Waals surface area contributed by atoms with Gasteiger partial charge in [-0.1, -0.05) is 12.1 Å². The molecule has 0 bridgehead atoms. The summed E-state index contributed by atoms with van der Waals surface area (Å²) in [7, 11) is 0. The summed E-state index contributed by atoms with van der Waals surface area (Å²) < 4.78 is 18.2. The van der Waals surface area contributed by atoms with Gasteiger partial charge in [0.15, 0.2) is 0 Å². The highest BCUT2D eigenvalue weighted by Crippen LogP contribution is 2.37. The van der Waals surface area contributed by atoms with Crippen LogP contribution in [0.4, 0.5) is 4.39 Å². The molecule has 0 atom stereocenters. The van der Waals surface area contributed by atoms with Crippen LogP contribution >= 0.6 is 0 Å². The fourth-order valence-corrected chi connectivity index (χ4v) is 3.59. The molecule has 1 aliphatic rings. The largest absolute Gasteiger partial charge is 0.507 e. The van der Waals surface area contributed by atoms with Crippen molar-refractivity contribution >= 4 is 23.0 Å². The van der Waals surface area contributed by atoms with Crippen molar-refractivity contribution in [2.75, 3.05) is 0 Å². The molecule has 32 heavy (non-hydrogen) atoms. The Morgan fingerprint density at radius 2 is 2.09 bits per heavy atom. The topological polar surface area (TPSA) is 102 Å². The second-order valence-electron chi connectivity index (χ2n) is 7.56. The van der Waals surface area contributed by atoms with Crippen molar-refractivity contribution in [3.05, 3.63) is 88.5 Å². The summed E-state index contributed by atoms with van der Waals surface area (Å²) in [6.07, 6.45) is 9.24. The Morgan fingerprint density at radius 3 is 2.81 bits per heavy atom. The predicted octanol–water partition coefficient (Wildman–Crippen LogP) is 3.13. The van der Waals surface area contributed by atoms with Crippen molar-refractivity contribution in [1.82, 2.24) is 19.5 Å². The zero-order valence-corrected chi connectivity index (χ0v) is 16.8. The van der Waals surface area contributed by atoms with Crippen LogP contribution < -0.4 is 10.9 Å². The van der Waals surface area contributed by atoms with Gasteiger partial charge in [-0.3, -0.25) is 9.59 Å². The third-order valence-electron chi connectivity index (χ3n) is 5.37. The van der Waals surface area contributed by atoms with Gasteiger partial charge in [-0.2, -0.15) is 5.10 Å². The molecular formula is C23H18FN5O3. The number of fused-ring (bicyclic) bond motifs is 1. The van der Waals surface area contributed by atoms with Crippen LogP contribution in [0.3, 0.4) is 0 Å². The number of rotatable bonds is 5. The average Bonchev–Trinajstić information content (AvgIpc) is 3.48. The van der Waals surface area contributed by atoms with E-state index in [1.165, 1.54) is 29.4 Å². The number of aromatic hydroxyl groups is 1. The normalized spacial score (nSPS) is 13.7. The third-order valence-corrected chi connectivity index (χ3v) is 5.37. The molecule has 1 aliphatic carbocycles. The standard InChI is InChI=1S/C23H18FN5O3/c24-18-9-16-19(10-20(18)28-8-7-25-13-28)29(15-5-6-15)12-17(22(16)31)23(32)27-26-11-14-3-1-2-4-21(14)30/h1-4,7-13,15,30H,5-6H2,(H,27,32)/b26-11-. The monoisotopic (exact) mass is 431 g/mol. The highest BCUT2D eigenvalue weighted by Gasteiger charge is 2.27. The number of carbonyl (C=O) groups excluding carboxylic acids is 1. The third kappa shape index (κ3) is 3.53. The maximum Gasteiger partial charge on any atom is 0.276 e. The molecule has 2 aromatic carbocycles. The Kier molecular flexibility index (Phi) is 4.78. The number of amides is 1. The minimum absolute atomic E-state index is 0.0106. The summed E-state index contributed by atoms with van der Waals surface area (Å²) in [6.45, 7) is 0. The van der Waals surface area contributed by atoms with E-state index in [0.29, 0.717) is 11.1 Å². The Labute approximate surface area is 181 Å². The molecule has 1 amide bonds. The Bertz CT molecular complexity index is 1420. The van der Waals surface area contributed by atoms with Gasteiger partial charge >= 0.3 is 0 Å². The Hall–Kier alpha value is -4.27. The van der Waals surface area contributed by atoms with Gasteiger partial charge in [0.25, 0.3) is 5.91 Å². The van der Waals surface area contributed by atoms with Gasteiger partial charge in [0.2, 0.25) is 5.43 Å². The number of nitrogens with one attached hydrogen (secondary N) is 1. The number of phenols is 1. The lowest BCUT2D eigenvalue weighted by molar-refractivity contribution is 0.0953. The molecule has 5 rings (SSSR count). The second kappa shape index (κ2) is 7.77. The summed E-state index contributed by atoms with van der Waals surface area (Å²) in [6, 6.07) is 9.40. The van der Waals surface area contributed by atoms with Gasteiger partial charge in [0, 0.05) is 35.6 Å².